The number of aromatic nitrogens is 2. The number of aryl methyl sites for hydroxylation is 1. The van der Waals surface area contributed by atoms with Crippen molar-refractivity contribution in [1.29, 1.82) is 0 Å². The molecule has 0 spiro atoms. The largest absolute Gasteiger partial charge is 0.383 e. The van der Waals surface area contributed by atoms with Crippen LogP contribution in [0.2, 0.25) is 5.02 Å². The quantitative estimate of drug-likeness (QED) is 0.934. The minimum atomic E-state index is -0.356. The van der Waals surface area contributed by atoms with E-state index in [0.717, 1.165) is 11.3 Å². The van der Waals surface area contributed by atoms with Gasteiger partial charge in [-0.05, 0) is 25.0 Å². The maximum Gasteiger partial charge on any atom is 0.135 e. The molecule has 2 N–H and O–H groups in total. The zero-order valence-electron chi connectivity index (χ0n) is 11.7. The Morgan fingerprint density at radius 2 is 2.00 bits per heavy atom. The molecule has 0 unspecified atom stereocenters. The summed E-state index contributed by atoms with van der Waals surface area (Å²) in [6.07, 6.45) is 0.231. The molecule has 1 aromatic heterocycles. The molecule has 0 bridgehead atoms. The van der Waals surface area contributed by atoms with E-state index in [1.54, 1.807) is 12.1 Å². The molecule has 0 atom stereocenters. The highest BCUT2D eigenvalue weighted by Gasteiger charge is 2.15. The molecule has 1 aromatic carbocycles. The normalized spacial score (nSPS) is 11.1. The second-order valence-corrected chi connectivity index (χ2v) is 5.46. The second-order valence-electron chi connectivity index (χ2n) is 5.06. The van der Waals surface area contributed by atoms with E-state index in [9.17, 15) is 4.39 Å². The molecule has 0 amide bonds. The molecule has 20 heavy (non-hydrogen) atoms. The summed E-state index contributed by atoms with van der Waals surface area (Å²) < 4.78 is 13.8. The van der Waals surface area contributed by atoms with Gasteiger partial charge < -0.3 is 5.73 Å². The zero-order valence-corrected chi connectivity index (χ0v) is 12.5. The highest BCUT2D eigenvalue weighted by Crippen LogP contribution is 2.25. The highest BCUT2D eigenvalue weighted by atomic mass is 35.5. The summed E-state index contributed by atoms with van der Waals surface area (Å²) >= 11 is 6.01. The molecule has 106 valence electrons. The van der Waals surface area contributed by atoms with Gasteiger partial charge in [-0.2, -0.15) is 0 Å². The van der Waals surface area contributed by atoms with Crippen molar-refractivity contribution < 1.29 is 4.39 Å². The standard InChI is InChI=1S/C15H17ClFN3/c1-8(2)14-9(3)19-13(20-15(14)18)7-10-11(16)5-4-6-12(10)17/h4-6,8H,7H2,1-3H3,(H2,18,19,20). The monoisotopic (exact) mass is 293 g/mol. The van der Waals surface area contributed by atoms with Crippen LogP contribution in [0.5, 0.6) is 0 Å². The fourth-order valence-corrected chi connectivity index (χ4v) is 2.55. The third-order valence-electron chi connectivity index (χ3n) is 3.19. The summed E-state index contributed by atoms with van der Waals surface area (Å²) in [7, 11) is 0. The van der Waals surface area contributed by atoms with Crippen LogP contribution >= 0.6 is 11.6 Å². The third-order valence-corrected chi connectivity index (χ3v) is 3.54. The van der Waals surface area contributed by atoms with Crippen molar-refractivity contribution in [3.63, 3.8) is 0 Å². The van der Waals surface area contributed by atoms with Gasteiger partial charge in [0.1, 0.15) is 17.5 Å². The van der Waals surface area contributed by atoms with Gasteiger partial charge in [0.25, 0.3) is 0 Å². The van der Waals surface area contributed by atoms with E-state index in [0.29, 0.717) is 22.2 Å². The van der Waals surface area contributed by atoms with Crippen LogP contribution in [-0.2, 0) is 6.42 Å². The van der Waals surface area contributed by atoms with Crippen molar-refractivity contribution in [2.24, 2.45) is 0 Å². The lowest BCUT2D eigenvalue weighted by Crippen LogP contribution is -2.09. The van der Waals surface area contributed by atoms with Gasteiger partial charge in [0.2, 0.25) is 0 Å². The molecular weight excluding hydrogens is 277 g/mol. The molecule has 0 radical (unpaired) electrons. The van der Waals surface area contributed by atoms with E-state index in [1.165, 1.54) is 6.07 Å². The average Bonchev–Trinajstić information content (AvgIpc) is 2.32. The Kier molecular flexibility index (Phi) is 4.23. The third kappa shape index (κ3) is 2.90. The van der Waals surface area contributed by atoms with E-state index in [-0.39, 0.29) is 18.2 Å². The Hall–Kier alpha value is -1.68. The predicted molar refractivity (Wildman–Crippen MR) is 79.5 cm³/mol. The summed E-state index contributed by atoms with van der Waals surface area (Å²) in [6.45, 7) is 5.96. The first-order chi connectivity index (χ1) is 9.40. The van der Waals surface area contributed by atoms with Crippen molar-refractivity contribution in [2.75, 3.05) is 5.73 Å². The first kappa shape index (κ1) is 14.7. The molecule has 2 aromatic rings. The fourth-order valence-electron chi connectivity index (χ4n) is 2.32. The Bertz CT molecular complexity index is 598. The number of halogens is 2. The Morgan fingerprint density at radius 3 is 2.55 bits per heavy atom. The number of rotatable bonds is 3. The van der Waals surface area contributed by atoms with Gasteiger partial charge in [0, 0.05) is 28.3 Å². The van der Waals surface area contributed by atoms with Crippen molar-refractivity contribution in [2.45, 2.75) is 33.1 Å². The van der Waals surface area contributed by atoms with Crippen LogP contribution in [0, 0.1) is 12.7 Å². The zero-order chi connectivity index (χ0) is 14.9. The Labute approximate surface area is 123 Å². The smallest absolute Gasteiger partial charge is 0.135 e. The summed E-state index contributed by atoms with van der Waals surface area (Å²) in [5, 5.41) is 0.373. The Balaban J connectivity index is 2.41. The van der Waals surface area contributed by atoms with Crippen LogP contribution in [0.3, 0.4) is 0 Å². The molecule has 0 aliphatic carbocycles. The van der Waals surface area contributed by atoms with E-state index in [4.69, 9.17) is 17.3 Å². The molecule has 0 fully saturated rings. The van der Waals surface area contributed by atoms with E-state index >= 15 is 0 Å². The van der Waals surface area contributed by atoms with Crippen LogP contribution < -0.4 is 5.73 Å². The van der Waals surface area contributed by atoms with Gasteiger partial charge in [-0.1, -0.05) is 31.5 Å². The molecule has 3 nitrogen and oxygen atoms in total. The van der Waals surface area contributed by atoms with Gasteiger partial charge in [0.05, 0.1) is 0 Å². The molecule has 0 aliphatic heterocycles. The van der Waals surface area contributed by atoms with Crippen LogP contribution in [0.15, 0.2) is 18.2 Å². The number of anilines is 1. The lowest BCUT2D eigenvalue weighted by Gasteiger charge is -2.13. The molecule has 1 heterocycles. The summed E-state index contributed by atoms with van der Waals surface area (Å²) in [5.74, 6) is 0.831. The predicted octanol–water partition coefficient (Wildman–Crippen LogP) is 3.87. The number of hydrogen-bond acceptors (Lipinski definition) is 3. The lowest BCUT2D eigenvalue weighted by atomic mass is 10.0. The highest BCUT2D eigenvalue weighted by molar-refractivity contribution is 6.31. The summed E-state index contributed by atoms with van der Waals surface area (Å²) in [6, 6.07) is 4.60. The lowest BCUT2D eigenvalue weighted by molar-refractivity contribution is 0.612. The first-order valence-corrected chi connectivity index (χ1v) is 6.83. The van der Waals surface area contributed by atoms with Crippen LogP contribution in [0.4, 0.5) is 10.2 Å². The number of hydrogen-bond donors (Lipinski definition) is 1. The van der Waals surface area contributed by atoms with E-state index < -0.39 is 0 Å². The summed E-state index contributed by atoms with van der Waals surface area (Å²) in [4.78, 5) is 8.69. The first-order valence-electron chi connectivity index (χ1n) is 6.46. The van der Waals surface area contributed by atoms with E-state index in [2.05, 4.69) is 9.97 Å². The number of nitrogens with zero attached hydrogens (tertiary/aromatic N) is 2. The molecule has 0 saturated carbocycles. The van der Waals surface area contributed by atoms with Crippen molar-refractivity contribution in [3.05, 3.63) is 51.7 Å². The average molecular weight is 294 g/mol. The van der Waals surface area contributed by atoms with Gasteiger partial charge >= 0.3 is 0 Å². The van der Waals surface area contributed by atoms with Crippen molar-refractivity contribution in [1.82, 2.24) is 9.97 Å². The van der Waals surface area contributed by atoms with Crippen molar-refractivity contribution in [3.8, 4) is 0 Å². The second kappa shape index (κ2) is 5.75. The minimum absolute atomic E-state index is 0.231. The van der Waals surface area contributed by atoms with Crippen molar-refractivity contribution >= 4 is 17.4 Å². The minimum Gasteiger partial charge on any atom is -0.383 e. The fraction of sp³-hybridized carbons (Fsp3) is 0.333. The number of nitrogens with two attached hydrogens (primary N) is 1. The van der Waals surface area contributed by atoms with Crippen LogP contribution in [0.1, 0.15) is 42.4 Å². The number of nitrogen functional groups attached to an aromatic ring is 1. The Morgan fingerprint density at radius 1 is 1.30 bits per heavy atom. The topological polar surface area (TPSA) is 51.8 Å². The van der Waals surface area contributed by atoms with Gasteiger partial charge in [0.15, 0.2) is 0 Å². The van der Waals surface area contributed by atoms with Gasteiger partial charge in [-0.3, -0.25) is 0 Å². The number of benzene rings is 1. The SMILES string of the molecule is Cc1nc(Cc2c(F)cccc2Cl)nc(N)c1C(C)C. The van der Waals surface area contributed by atoms with E-state index in [1.807, 2.05) is 20.8 Å². The van der Waals surface area contributed by atoms with Crippen LogP contribution in [-0.4, -0.2) is 9.97 Å². The maximum absolute atomic E-state index is 13.8. The summed E-state index contributed by atoms with van der Waals surface area (Å²) in [5.41, 5.74) is 8.14. The maximum atomic E-state index is 13.8. The molecule has 2 rings (SSSR count). The molecule has 5 heteroatoms. The molecular formula is C15H17ClFN3. The van der Waals surface area contributed by atoms with Gasteiger partial charge in [-0.15, -0.1) is 0 Å². The van der Waals surface area contributed by atoms with Crippen LogP contribution in [0.25, 0.3) is 0 Å². The van der Waals surface area contributed by atoms with Gasteiger partial charge in [-0.25, -0.2) is 14.4 Å². The molecule has 0 aliphatic rings. The molecule has 0 saturated heterocycles.